The molecule has 0 aliphatic heterocycles. The van der Waals surface area contributed by atoms with E-state index in [4.69, 9.17) is 9.15 Å². The highest BCUT2D eigenvalue weighted by Gasteiger charge is 2.09. The average Bonchev–Trinajstić information content (AvgIpc) is 2.82. The highest BCUT2D eigenvalue weighted by Crippen LogP contribution is 2.19. The number of amides is 1. The first-order chi connectivity index (χ1) is 10.1. The van der Waals surface area contributed by atoms with Crippen LogP contribution < -0.4 is 10.1 Å². The number of ether oxygens (including phenoxy) is 1. The Bertz CT molecular complexity index is 588. The minimum absolute atomic E-state index is 0.0516. The summed E-state index contributed by atoms with van der Waals surface area (Å²) in [7, 11) is 1.63. The van der Waals surface area contributed by atoms with Gasteiger partial charge >= 0.3 is 0 Å². The number of oxazole rings is 1. The lowest BCUT2D eigenvalue weighted by Gasteiger charge is -2.05. The number of methoxy groups -OCH3 is 1. The summed E-state index contributed by atoms with van der Waals surface area (Å²) in [5.74, 6) is 1.82. The molecule has 0 radical (unpaired) electrons. The Balaban J connectivity index is 1.76. The van der Waals surface area contributed by atoms with Gasteiger partial charge < -0.3 is 14.5 Å². The molecule has 2 aromatic rings. The zero-order valence-electron chi connectivity index (χ0n) is 12.3. The lowest BCUT2D eigenvalue weighted by Crippen LogP contribution is -2.24. The first-order valence-corrected chi connectivity index (χ1v) is 7.53. The standard InChI is InChI=1S/C15H18N2O3S/c1-10-11(2)20-15(17-10)21-9-14(18)16-8-12-4-6-13(19-3)7-5-12/h4-7H,8-9H2,1-3H3,(H,16,18). The van der Waals surface area contributed by atoms with E-state index in [1.807, 2.05) is 38.1 Å². The number of carbonyl (C=O) groups excluding carboxylic acids is 1. The number of benzene rings is 1. The molecule has 1 N–H and O–H groups in total. The highest BCUT2D eigenvalue weighted by atomic mass is 32.2. The Hall–Kier alpha value is -1.95. The second-order valence-corrected chi connectivity index (χ2v) is 5.46. The van der Waals surface area contributed by atoms with Gasteiger partial charge in [-0.15, -0.1) is 0 Å². The van der Waals surface area contributed by atoms with Gasteiger partial charge in [0, 0.05) is 6.54 Å². The fourth-order valence-corrected chi connectivity index (χ4v) is 2.37. The second-order valence-electron chi connectivity index (χ2n) is 4.53. The van der Waals surface area contributed by atoms with Crippen molar-refractivity contribution < 1.29 is 13.9 Å². The average molecular weight is 306 g/mol. The van der Waals surface area contributed by atoms with E-state index in [1.165, 1.54) is 11.8 Å². The summed E-state index contributed by atoms with van der Waals surface area (Å²) >= 11 is 1.29. The number of thioether (sulfide) groups is 1. The van der Waals surface area contributed by atoms with Crippen molar-refractivity contribution >= 4 is 17.7 Å². The molecule has 1 aromatic heterocycles. The van der Waals surface area contributed by atoms with Crippen LogP contribution in [0.15, 0.2) is 33.9 Å². The minimum Gasteiger partial charge on any atom is -0.497 e. The van der Waals surface area contributed by atoms with Crippen LogP contribution in [0.3, 0.4) is 0 Å². The summed E-state index contributed by atoms with van der Waals surface area (Å²) in [6.07, 6.45) is 0. The predicted molar refractivity (Wildman–Crippen MR) is 81.5 cm³/mol. The fourth-order valence-electron chi connectivity index (χ4n) is 1.63. The molecule has 2 rings (SSSR count). The van der Waals surface area contributed by atoms with Gasteiger partial charge in [0.15, 0.2) is 0 Å². The van der Waals surface area contributed by atoms with E-state index in [1.54, 1.807) is 7.11 Å². The van der Waals surface area contributed by atoms with Gasteiger partial charge in [-0.1, -0.05) is 23.9 Å². The van der Waals surface area contributed by atoms with Crippen molar-refractivity contribution in [3.63, 3.8) is 0 Å². The largest absolute Gasteiger partial charge is 0.497 e. The Morgan fingerprint density at radius 1 is 1.33 bits per heavy atom. The quantitative estimate of drug-likeness (QED) is 0.831. The summed E-state index contributed by atoms with van der Waals surface area (Å²) in [6.45, 7) is 4.23. The van der Waals surface area contributed by atoms with Gasteiger partial charge in [-0.2, -0.15) is 0 Å². The molecular weight excluding hydrogens is 288 g/mol. The van der Waals surface area contributed by atoms with Crippen molar-refractivity contribution in [3.05, 3.63) is 41.3 Å². The number of rotatable bonds is 6. The first-order valence-electron chi connectivity index (χ1n) is 6.55. The fraction of sp³-hybridized carbons (Fsp3) is 0.333. The zero-order valence-corrected chi connectivity index (χ0v) is 13.1. The van der Waals surface area contributed by atoms with Gasteiger partial charge in [-0.25, -0.2) is 4.98 Å². The molecule has 0 aliphatic rings. The van der Waals surface area contributed by atoms with Crippen LogP contribution >= 0.6 is 11.8 Å². The van der Waals surface area contributed by atoms with Crippen LogP contribution in [0.25, 0.3) is 0 Å². The predicted octanol–water partition coefficient (Wildman–Crippen LogP) is 2.71. The summed E-state index contributed by atoms with van der Waals surface area (Å²) in [5.41, 5.74) is 1.88. The molecule has 112 valence electrons. The number of nitrogens with zero attached hydrogens (tertiary/aromatic N) is 1. The molecule has 6 heteroatoms. The molecule has 0 atom stereocenters. The second kappa shape index (κ2) is 7.17. The van der Waals surface area contributed by atoms with Crippen LogP contribution in [-0.2, 0) is 11.3 Å². The van der Waals surface area contributed by atoms with Crippen LogP contribution in [0.2, 0.25) is 0 Å². The van der Waals surface area contributed by atoms with Crippen LogP contribution in [0.4, 0.5) is 0 Å². The van der Waals surface area contributed by atoms with Crippen molar-refractivity contribution in [2.24, 2.45) is 0 Å². The number of aryl methyl sites for hydroxylation is 2. The molecule has 1 heterocycles. The maximum atomic E-state index is 11.8. The summed E-state index contributed by atoms with van der Waals surface area (Å²) in [6, 6.07) is 7.59. The number of aromatic nitrogens is 1. The number of hydrogen-bond acceptors (Lipinski definition) is 5. The van der Waals surface area contributed by atoms with Crippen molar-refractivity contribution in [1.82, 2.24) is 10.3 Å². The number of hydrogen-bond donors (Lipinski definition) is 1. The van der Waals surface area contributed by atoms with Crippen molar-refractivity contribution in [1.29, 1.82) is 0 Å². The molecule has 1 aromatic carbocycles. The van der Waals surface area contributed by atoms with Crippen LogP contribution in [0.5, 0.6) is 5.75 Å². The monoisotopic (exact) mass is 306 g/mol. The van der Waals surface area contributed by atoms with Gasteiger partial charge in [-0.3, -0.25) is 4.79 Å². The van der Waals surface area contributed by atoms with E-state index in [2.05, 4.69) is 10.3 Å². The van der Waals surface area contributed by atoms with Crippen molar-refractivity contribution in [2.75, 3.05) is 12.9 Å². The van der Waals surface area contributed by atoms with E-state index in [9.17, 15) is 4.79 Å². The molecule has 0 saturated heterocycles. The summed E-state index contributed by atoms with van der Waals surface area (Å²) in [5, 5.41) is 3.39. The third kappa shape index (κ3) is 4.53. The van der Waals surface area contributed by atoms with E-state index in [-0.39, 0.29) is 11.7 Å². The molecular formula is C15H18N2O3S. The number of carbonyl (C=O) groups is 1. The van der Waals surface area contributed by atoms with Crippen LogP contribution in [-0.4, -0.2) is 23.8 Å². The molecule has 5 nitrogen and oxygen atoms in total. The molecule has 21 heavy (non-hydrogen) atoms. The smallest absolute Gasteiger partial charge is 0.256 e. The van der Waals surface area contributed by atoms with Crippen molar-refractivity contribution in [2.45, 2.75) is 25.6 Å². The third-order valence-corrected chi connectivity index (χ3v) is 3.81. The molecule has 0 saturated carbocycles. The van der Waals surface area contributed by atoms with Gasteiger partial charge in [-0.05, 0) is 31.5 Å². The molecule has 0 spiro atoms. The lowest BCUT2D eigenvalue weighted by molar-refractivity contribution is -0.118. The topological polar surface area (TPSA) is 64.4 Å². The summed E-state index contributed by atoms with van der Waals surface area (Å²) in [4.78, 5) is 16.0. The Labute approximate surface area is 128 Å². The Morgan fingerprint density at radius 2 is 2.05 bits per heavy atom. The summed E-state index contributed by atoms with van der Waals surface area (Å²) < 4.78 is 10.5. The van der Waals surface area contributed by atoms with E-state index < -0.39 is 0 Å². The van der Waals surface area contributed by atoms with Crippen LogP contribution in [0, 0.1) is 13.8 Å². The number of nitrogens with one attached hydrogen (secondary N) is 1. The van der Waals surface area contributed by atoms with Gasteiger partial charge in [0.2, 0.25) is 5.91 Å². The normalized spacial score (nSPS) is 10.4. The SMILES string of the molecule is COc1ccc(CNC(=O)CSc2nc(C)c(C)o2)cc1. The van der Waals surface area contributed by atoms with E-state index >= 15 is 0 Å². The molecule has 1 amide bonds. The first kappa shape index (κ1) is 15.4. The molecule has 0 aliphatic carbocycles. The third-order valence-electron chi connectivity index (χ3n) is 2.98. The van der Waals surface area contributed by atoms with Gasteiger partial charge in [0.25, 0.3) is 5.22 Å². The van der Waals surface area contributed by atoms with Gasteiger partial charge in [0.05, 0.1) is 18.6 Å². The maximum absolute atomic E-state index is 11.8. The van der Waals surface area contributed by atoms with E-state index in [0.29, 0.717) is 11.8 Å². The Morgan fingerprint density at radius 3 is 2.62 bits per heavy atom. The molecule has 0 unspecified atom stereocenters. The Kier molecular flexibility index (Phi) is 5.27. The lowest BCUT2D eigenvalue weighted by atomic mass is 10.2. The zero-order chi connectivity index (χ0) is 15.2. The minimum atomic E-state index is -0.0516. The highest BCUT2D eigenvalue weighted by molar-refractivity contribution is 7.99. The molecule has 0 fully saturated rings. The van der Waals surface area contributed by atoms with Gasteiger partial charge in [0.1, 0.15) is 11.5 Å². The maximum Gasteiger partial charge on any atom is 0.256 e. The molecule has 0 bridgehead atoms. The van der Waals surface area contributed by atoms with Crippen molar-refractivity contribution in [3.8, 4) is 5.75 Å². The van der Waals surface area contributed by atoms with Crippen LogP contribution in [0.1, 0.15) is 17.0 Å². The van der Waals surface area contributed by atoms with E-state index in [0.717, 1.165) is 22.8 Å².